The van der Waals surface area contributed by atoms with Gasteiger partial charge in [0.2, 0.25) is 0 Å². The number of aromatic nitrogens is 1. The molecule has 1 aromatic carbocycles. The van der Waals surface area contributed by atoms with Gasteiger partial charge in [-0.25, -0.2) is 0 Å². The molecule has 24 heavy (non-hydrogen) atoms. The van der Waals surface area contributed by atoms with Crippen molar-refractivity contribution in [2.45, 2.75) is 57.7 Å². The van der Waals surface area contributed by atoms with E-state index in [4.69, 9.17) is 11.6 Å². The van der Waals surface area contributed by atoms with Crippen molar-refractivity contribution in [3.05, 3.63) is 35.0 Å². The fraction of sp³-hybridized carbons (Fsp3) is 0.526. The molecule has 130 valence electrons. The maximum Gasteiger partial charge on any atom is 0.268 e. The van der Waals surface area contributed by atoms with Crippen LogP contribution in [0.3, 0.4) is 0 Å². The topological polar surface area (TPSA) is 46.1 Å². The Morgan fingerprint density at radius 2 is 1.83 bits per heavy atom. The zero-order chi connectivity index (χ0) is 17.7. The van der Waals surface area contributed by atoms with Crippen molar-refractivity contribution in [3.63, 3.8) is 0 Å². The first-order valence-electron chi connectivity index (χ1n) is 8.42. The largest absolute Gasteiger partial charge is 0.348 e. The molecule has 0 unspecified atom stereocenters. The fourth-order valence-electron chi connectivity index (χ4n) is 4.20. The van der Waals surface area contributed by atoms with E-state index in [0.717, 1.165) is 23.7 Å². The molecule has 1 aliphatic heterocycles. The molecule has 1 saturated heterocycles. The number of piperidine rings is 1. The fourth-order valence-corrected chi connectivity index (χ4v) is 4.37. The van der Waals surface area contributed by atoms with Crippen molar-refractivity contribution in [2.75, 3.05) is 0 Å². The Kier molecular flexibility index (Phi) is 4.17. The Labute approximate surface area is 148 Å². The summed E-state index contributed by atoms with van der Waals surface area (Å²) in [6.07, 6.45) is 1.83. The molecule has 2 heterocycles. The summed E-state index contributed by atoms with van der Waals surface area (Å²) >= 11 is 6.08. The van der Waals surface area contributed by atoms with Crippen LogP contribution in [0.5, 0.6) is 0 Å². The molecule has 0 radical (unpaired) electrons. The Morgan fingerprint density at radius 3 is 2.46 bits per heavy atom. The number of fused-ring (bicyclic) bond motifs is 1. The molecule has 1 aliphatic rings. The monoisotopic (exact) mass is 347 g/mol. The number of hydrogen-bond donors (Lipinski definition) is 2. The average Bonchev–Trinajstić information content (AvgIpc) is 2.72. The van der Waals surface area contributed by atoms with Crippen LogP contribution in [-0.2, 0) is 7.05 Å². The summed E-state index contributed by atoms with van der Waals surface area (Å²) in [5.74, 6) is -0.0247. The molecule has 0 spiro atoms. The summed E-state index contributed by atoms with van der Waals surface area (Å²) in [4.78, 5) is 12.8. The van der Waals surface area contributed by atoms with Gasteiger partial charge in [-0.1, -0.05) is 17.7 Å². The maximum atomic E-state index is 12.8. The predicted molar refractivity (Wildman–Crippen MR) is 99.7 cm³/mol. The molecule has 0 bridgehead atoms. The van der Waals surface area contributed by atoms with E-state index in [1.807, 2.05) is 35.9 Å². The van der Waals surface area contributed by atoms with E-state index < -0.39 is 0 Å². The van der Waals surface area contributed by atoms with E-state index in [1.54, 1.807) is 0 Å². The maximum absolute atomic E-state index is 12.8. The first kappa shape index (κ1) is 17.3. The first-order chi connectivity index (χ1) is 11.1. The number of carbonyl (C=O) groups is 1. The summed E-state index contributed by atoms with van der Waals surface area (Å²) in [5.41, 5.74) is 1.65. The van der Waals surface area contributed by atoms with Gasteiger partial charge < -0.3 is 15.2 Å². The normalized spacial score (nSPS) is 20.2. The Bertz CT molecular complexity index is 775. The van der Waals surface area contributed by atoms with Gasteiger partial charge in [0, 0.05) is 40.1 Å². The lowest BCUT2D eigenvalue weighted by Crippen LogP contribution is -2.62. The highest BCUT2D eigenvalue weighted by atomic mass is 35.5. The standard InChI is InChI=1S/C19H26ClN3O/c1-18(2)10-14(11-19(3,4)22-18)21-17(24)16-8-12-6-7-13(20)9-15(12)23(16)5/h6-9,14,22H,10-11H2,1-5H3,(H,21,24). The van der Waals surface area contributed by atoms with Crippen molar-refractivity contribution >= 4 is 28.4 Å². The van der Waals surface area contributed by atoms with E-state index in [1.165, 1.54) is 0 Å². The van der Waals surface area contributed by atoms with Crippen molar-refractivity contribution < 1.29 is 4.79 Å². The Balaban J connectivity index is 1.84. The second-order valence-corrected chi connectivity index (χ2v) is 8.70. The first-order valence-corrected chi connectivity index (χ1v) is 8.79. The zero-order valence-electron chi connectivity index (χ0n) is 15.0. The minimum Gasteiger partial charge on any atom is -0.348 e. The number of rotatable bonds is 2. The number of carbonyl (C=O) groups excluding carboxylic acids is 1. The molecule has 0 atom stereocenters. The van der Waals surface area contributed by atoms with E-state index in [-0.39, 0.29) is 23.0 Å². The predicted octanol–water partition coefficient (Wildman–Crippen LogP) is 3.87. The molecular formula is C19H26ClN3O. The SMILES string of the molecule is Cn1c(C(=O)NC2CC(C)(C)NC(C)(C)C2)cc2ccc(Cl)cc21. The Morgan fingerprint density at radius 1 is 1.21 bits per heavy atom. The number of hydrogen-bond acceptors (Lipinski definition) is 2. The third kappa shape index (κ3) is 3.45. The highest BCUT2D eigenvalue weighted by Gasteiger charge is 2.38. The van der Waals surface area contributed by atoms with Crippen LogP contribution in [0.2, 0.25) is 5.02 Å². The number of amides is 1. The molecule has 3 rings (SSSR count). The summed E-state index contributed by atoms with van der Waals surface area (Å²) < 4.78 is 1.91. The summed E-state index contributed by atoms with van der Waals surface area (Å²) in [7, 11) is 1.91. The van der Waals surface area contributed by atoms with Gasteiger partial charge in [0.05, 0.1) is 0 Å². The van der Waals surface area contributed by atoms with Crippen molar-refractivity contribution in [2.24, 2.45) is 7.05 Å². The zero-order valence-corrected chi connectivity index (χ0v) is 15.8. The van der Waals surface area contributed by atoms with Gasteiger partial charge in [0.1, 0.15) is 5.69 Å². The van der Waals surface area contributed by atoms with E-state index in [9.17, 15) is 4.79 Å². The van der Waals surface area contributed by atoms with E-state index in [0.29, 0.717) is 10.7 Å². The number of benzene rings is 1. The van der Waals surface area contributed by atoms with Gasteiger partial charge >= 0.3 is 0 Å². The van der Waals surface area contributed by atoms with Crippen molar-refractivity contribution in [1.29, 1.82) is 0 Å². The van der Waals surface area contributed by atoms with Crippen LogP contribution in [0, 0.1) is 0 Å². The minimum absolute atomic E-state index is 0.00610. The Hall–Kier alpha value is -1.52. The van der Waals surface area contributed by atoms with Gasteiger partial charge in [-0.15, -0.1) is 0 Å². The van der Waals surface area contributed by atoms with Crippen LogP contribution in [0.1, 0.15) is 51.0 Å². The molecular weight excluding hydrogens is 322 g/mol. The summed E-state index contributed by atoms with van der Waals surface area (Å²) in [6, 6.07) is 7.78. The molecule has 5 heteroatoms. The highest BCUT2D eigenvalue weighted by Crippen LogP contribution is 2.29. The quantitative estimate of drug-likeness (QED) is 0.866. The van der Waals surface area contributed by atoms with Gasteiger partial charge in [-0.2, -0.15) is 0 Å². The molecule has 1 aromatic heterocycles. The smallest absolute Gasteiger partial charge is 0.268 e. The van der Waals surface area contributed by atoms with Crippen LogP contribution in [-0.4, -0.2) is 27.6 Å². The lowest BCUT2D eigenvalue weighted by atomic mass is 9.79. The van der Waals surface area contributed by atoms with Crippen molar-refractivity contribution in [1.82, 2.24) is 15.2 Å². The molecule has 2 aromatic rings. The van der Waals surface area contributed by atoms with E-state index in [2.05, 4.69) is 38.3 Å². The van der Waals surface area contributed by atoms with Crippen LogP contribution >= 0.6 is 11.6 Å². The molecule has 0 aliphatic carbocycles. The van der Waals surface area contributed by atoms with E-state index >= 15 is 0 Å². The molecule has 1 amide bonds. The second-order valence-electron chi connectivity index (χ2n) is 8.26. The number of nitrogens with zero attached hydrogens (tertiary/aromatic N) is 1. The minimum atomic E-state index is -0.0247. The van der Waals surface area contributed by atoms with Gasteiger partial charge in [-0.05, 0) is 58.7 Å². The van der Waals surface area contributed by atoms with Gasteiger partial charge in [-0.3, -0.25) is 4.79 Å². The van der Waals surface area contributed by atoms with Crippen LogP contribution in [0.4, 0.5) is 0 Å². The van der Waals surface area contributed by atoms with Gasteiger partial charge in [0.25, 0.3) is 5.91 Å². The lowest BCUT2D eigenvalue weighted by Gasteiger charge is -2.46. The average molecular weight is 348 g/mol. The number of nitrogens with one attached hydrogen (secondary N) is 2. The lowest BCUT2D eigenvalue weighted by molar-refractivity contribution is 0.0865. The van der Waals surface area contributed by atoms with Crippen LogP contribution in [0.15, 0.2) is 24.3 Å². The summed E-state index contributed by atoms with van der Waals surface area (Å²) in [6.45, 7) is 8.75. The summed E-state index contributed by atoms with van der Waals surface area (Å²) in [5, 5.41) is 8.58. The number of halogens is 1. The van der Waals surface area contributed by atoms with Crippen LogP contribution < -0.4 is 10.6 Å². The molecule has 1 fully saturated rings. The highest BCUT2D eigenvalue weighted by molar-refractivity contribution is 6.31. The number of aryl methyl sites for hydroxylation is 1. The van der Waals surface area contributed by atoms with Crippen molar-refractivity contribution in [3.8, 4) is 0 Å². The molecule has 2 N–H and O–H groups in total. The molecule has 0 saturated carbocycles. The van der Waals surface area contributed by atoms with Gasteiger partial charge in [0.15, 0.2) is 0 Å². The second kappa shape index (κ2) is 5.78. The third-order valence-corrected chi connectivity index (χ3v) is 5.00. The third-order valence-electron chi connectivity index (χ3n) is 4.77. The van der Waals surface area contributed by atoms with Crippen LogP contribution in [0.25, 0.3) is 10.9 Å². The molecule has 4 nitrogen and oxygen atoms in total.